The second-order valence-electron chi connectivity index (χ2n) is 4.19. The van der Waals surface area contributed by atoms with Crippen LogP contribution in [0, 0.1) is 0 Å². The van der Waals surface area contributed by atoms with Gasteiger partial charge in [0.2, 0.25) is 5.91 Å². The average molecular weight is 269 g/mol. The molecule has 0 aromatic heterocycles. The van der Waals surface area contributed by atoms with Crippen LogP contribution in [0.4, 0.5) is 13.2 Å². The molecule has 0 aromatic carbocycles. The lowest BCUT2D eigenvalue weighted by Gasteiger charge is -2.23. The average Bonchev–Trinajstić information content (AvgIpc) is 2.29. The Morgan fingerprint density at radius 3 is 2.33 bits per heavy atom. The molecule has 2 N–H and O–H groups in total. The first-order valence-corrected chi connectivity index (χ1v) is 6.03. The molecule has 0 aromatic rings. The van der Waals surface area contributed by atoms with E-state index in [4.69, 9.17) is 5.73 Å². The fourth-order valence-corrected chi connectivity index (χ4v) is 1.50. The fraction of sp³-hybridized carbons (Fsp3) is 0.909. The molecule has 4 nitrogen and oxygen atoms in total. The van der Waals surface area contributed by atoms with Gasteiger partial charge in [-0.3, -0.25) is 9.69 Å². The van der Waals surface area contributed by atoms with Crippen LogP contribution in [-0.4, -0.2) is 61.7 Å². The maximum atomic E-state index is 12.2. The molecule has 0 unspecified atom stereocenters. The topological polar surface area (TPSA) is 49.6 Å². The maximum Gasteiger partial charge on any atom is 0.401 e. The predicted octanol–water partition coefficient (Wildman–Crippen LogP) is 1.07. The molecule has 0 aliphatic carbocycles. The van der Waals surface area contributed by atoms with Crippen LogP contribution in [0.25, 0.3) is 0 Å². The maximum absolute atomic E-state index is 12.2. The van der Waals surface area contributed by atoms with Gasteiger partial charge < -0.3 is 10.6 Å². The minimum atomic E-state index is -4.22. The van der Waals surface area contributed by atoms with Crippen molar-refractivity contribution in [2.24, 2.45) is 5.73 Å². The van der Waals surface area contributed by atoms with Crippen molar-refractivity contribution in [1.29, 1.82) is 0 Å². The molecular formula is C11H22F3N3O. The van der Waals surface area contributed by atoms with Gasteiger partial charge in [-0.25, -0.2) is 0 Å². The smallest absolute Gasteiger partial charge is 0.346 e. The van der Waals surface area contributed by atoms with E-state index < -0.39 is 12.7 Å². The summed E-state index contributed by atoms with van der Waals surface area (Å²) in [7, 11) is 1.64. The van der Waals surface area contributed by atoms with Crippen LogP contribution < -0.4 is 5.73 Å². The van der Waals surface area contributed by atoms with Gasteiger partial charge in [0.15, 0.2) is 0 Å². The van der Waals surface area contributed by atoms with Crippen LogP contribution in [-0.2, 0) is 4.79 Å². The molecule has 0 rings (SSSR count). The Morgan fingerprint density at radius 1 is 1.28 bits per heavy atom. The number of amides is 1. The van der Waals surface area contributed by atoms with E-state index in [0.717, 1.165) is 0 Å². The molecular weight excluding hydrogens is 247 g/mol. The number of hydrogen-bond acceptors (Lipinski definition) is 3. The predicted molar refractivity (Wildman–Crippen MR) is 64.1 cm³/mol. The van der Waals surface area contributed by atoms with Gasteiger partial charge in [0, 0.05) is 26.6 Å². The summed E-state index contributed by atoms with van der Waals surface area (Å²) >= 11 is 0. The number of rotatable bonds is 8. The Bertz CT molecular complexity index is 246. The Morgan fingerprint density at radius 2 is 1.89 bits per heavy atom. The van der Waals surface area contributed by atoms with Gasteiger partial charge in [-0.15, -0.1) is 0 Å². The van der Waals surface area contributed by atoms with Crippen molar-refractivity contribution in [1.82, 2.24) is 9.80 Å². The van der Waals surface area contributed by atoms with E-state index in [9.17, 15) is 18.0 Å². The summed E-state index contributed by atoms with van der Waals surface area (Å²) in [5.74, 6) is -0.149. The summed E-state index contributed by atoms with van der Waals surface area (Å²) in [4.78, 5) is 14.3. The van der Waals surface area contributed by atoms with Gasteiger partial charge in [-0.2, -0.15) is 13.2 Å². The first-order valence-electron chi connectivity index (χ1n) is 6.03. The largest absolute Gasteiger partial charge is 0.401 e. The van der Waals surface area contributed by atoms with E-state index in [0.29, 0.717) is 19.5 Å². The van der Waals surface area contributed by atoms with Gasteiger partial charge in [-0.1, -0.05) is 6.92 Å². The quantitative estimate of drug-likeness (QED) is 0.717. The minimum Gasteiger partial charge on any atom is -0.346 e. The molecule has 0 heterocycles. The van der Waals surface area contributed by atoms with E-state index in [2.05, 4.69) is 0 Å². The van der Waals surface area contributed by atoms with Crippen molar-refractivity contribution in [3.63, 3.8) is 0 Å². The van der Waals surface area contributed by atoms with Crippen molar-refractivity contribution in [2.45, 2.75) is 25.9 Å². The van der Waals surface area contributed by atoms with E-state index in [-0.39, 0.29) is 25.4 Å². The molecule has 1 amide bonds. The summed E-state index contributed by atoms with van der Waals surface area (Å²) in [6, 6.07) is 0. The Hall–Kier alpha value is -0.820. The summed E-state index contributed by atoms with van der Waals surface area (Å²) in [5.41, 5.74) is 5.32. The Labute approximate surface area is 106 Å². The zero-order valence-corrected chi connectivity index (χ0v) is 11.0. The molecule has 0 saturated heterocycles. The van der Waals surface area contributed by atoms with Gasteiger partial charge in [0.25, 0.3) is 0 Å². The van der Waals surface area contributed by atoms with E-state index in [1.54, 1.807) is 14.0 Å². The SMILES string of the molecule is CCN(CCC(=O)N(C)CCCN)CC(F)(F)F. The standard InChI is InChI=1S/C11H22F3N3O/c1-3-17(9-11(12,13)14)8-5-10(18)16(2)7-4-6-15/h3-9,15H2,1-2H3. The first-order chi connectivity index (χ1) is 8.30. The minimum absolute atomic E-state index is 0.102. The number of alkyl halides is 3. The lowest BCUT2D eigenvalue weighted by Crippen LogP contribution is -2.37. The zero-order chi connectivity index (χ0) is 14.2. The van der Waals surface area contributed by atoms with Gasteiger partial charge >= 0.3 is 6.18 Å². The molecule has 0 spiro atoms. The monoisotopic (exact) mass is 269 g/mol. The van der Waals surface area contributed by atoms with E-state index in [1.165, 1.54) is 9.80 Å². The summed E-state index contributed by atoms with van der Waals surface area (Å²) in [6.07, 6.45) is -3.42. The van der Waals surface area contributed by atoms with Crippen molar-refractivity contribution < 1.29 is 18.0 Å². The summed E-state index contributed by atoms with van der Waals surface area (Å²) < 4.78 is 36.6. The van der Waals surface area contributed by atoms with Gasteiger partial charge in [0.1, 0.15) is 0 Å². The lowest BCUT2D eigenvalue weighted by molar-refractivity contribution is -0.147. The number of carbonyl (C=O) groups excluding carboxylic acids is 1. The van der Waals surface area contributed by atoms with Crippen LogP contribution >= 0.6 is 0 Å². The van der Waals surface area contributed by atoms with Gasteiger partial charge in [0.05, 0.1) is 6.54 Å². The molecule has 7 heteroatoms. The lowest BCUT2D eigenvalue weighted by atomic mass is 10.3. The third kappa shape index (κ3) is 8.30. The Balaban J connectivity index is 4.01. The molecule has 0 fully saturated rings. The summed E-state index contributed by atoms with van der Waals surface area (Å²) in [5, 5.41) is 0. The molecule has 0 radical (unpaired) electrons. The van der Waals surface area contributed by atoms with Crippen LogP contribution in [0.3, 0.4) is 0 Å². The van der Waals surface area contributed by atoms with Crippen molar-refractivity contribution in [3.8, 4) is 0 Å². The molecule has 108 valence electrons. The molecule has 0 aliphatic rings. The van der Waals surface area contributed by atoms with E-state index in [1.807, 2.05) is 0 Å². The van der Waals surface area contributed by atoms with Crippen molar-refractivity contribution in [3.05, 3.63) is 0 Å². The molecule has 0 saturated carbocycles. The summed E-state index contributed by atoms with van der Waals surface area (Å²) in [6.45, 7) is 2.12. The van der Waals surface area contributed by atoms with Crippen LogP contribution in [0.1, 0.15) is 19.8 Å². The van der Waals surface area contributed by atoms with Crippen LogP contribution in [0.2, 0.25) is 0 Å². The zero-order valence-electron chi connectivity index (χ0n) is 11.0. The van der Waals surface area contributed by atoms with Crippen molar-refractivity contribution >= 4 is 5.91 Å². The van der Waals surface area contributed by atoms with Crippen LogP contribution in [0.5, 0.6) is 0 Å². The Kier molecular flexibility index (Phi) is 7.93. The number of hydrogen-bond donors (Lipinski definition) is 1. The fourth-order valence-electron chi connectivity index (χ4n) is 1.50. The molecule has 0 aliphatic heterocycles. The highest BCUT2D eigenvalue weighted by molar-refractivity contribution is 5.76. The second kappa shape index (κ2) is 8.31. The molecule has 0 atom stereocenters. The molecule has 0 bridgehead atoms. The first kappa shape index (κ1) is 17.2. The number of nitrogens with two attached hydrogens (primary N) is 1. The number of carbonyl (C=O) groups is 1. The highest BCUT2D eigenvalue weighted by Crippen LogP contribution is 2.16. The third-order valence-corrected chi connectivity index (χ3v) is 2.62. The molecule has 18 heavy (non-hydrogen) atoms. The third-order valence-electron chi connectivity index (χ3n) is 2.62. The van der Waals surface area contributed by atoms with Crippen molar-refractivity contribution in [2.75, 3.05) is 39.8 Å². The van der Waals surface area contributed by atoms with E-state index >= 15 is 0 Å². The number of halogens is 3. The highest BCUT2D eigenvalue weighted by Gasteiger charge is 2.30. The van der Waals surface area contributed by atoms with Gasteiger partial charge in [-0.05, 0) is 19.5 Å². The normalized spacial score (nSPS) is 11.9. The number of nitrogens with zero attached hydrogens (tertiary/aromatic N) is 2. The van der Waals surface area contributed by atoms with Crippen LogP contribution in [0.15, 0.2) is 0 Å². The highest BCUT2D eigenvalue weighted by atomic mass is 19.4. The second-order valence-corrected chi connectivity index (χ2v) is 4.19.